The number of hydrogen-bond acceptors (Lipinski definition) is 9. The highest BCUT2D eigenvalue weighted by Gasteiger charge is 2.14. The minimum atomic E-state index is 0.0408. The molecule has 0 spiro atoms. The number of imidazole rings is 1. The normalized spacial score (nSPS) is 11.3. The van der Waals surface area contributed by atoms with Crippen molar-refractivity contribution >= 4 is 5.65 Å². The maximum absolute atomic E-state index is 8.87. The lowest BCUT2D eigenvalue weighted by molar-refractivity contribution is 0.146. The van der Waals surface area contributed by atoms with Gasteiger partial charge in [-0.3, -0.25) is 0 Å². The molecule has 156 valence electrons. The molecule has 0 radical (unpaired) electrons. The van der Waals surface area contributed by atoms with Crippen molar-refractivity contribution in [2.75, 3.05) is 33.5 Å². The Balaban J connectivity index is 1.67. The second-order valence-electron chi connectivity index (χ2n) is 6.45. The highest BCUT2D eigenvalue weighted by molar-refractivity contribution is 5.71. The van der Waals surface area contributed by atoms with Gasteiger partial charge in [0.1, 0.15) is 12.4 Å². The van der Waals surface area contributed by atoms with E-state index in [9.17, 15) is 0 Å². The van der Waals surface area contributed by atoms with Gasteiger partial charge in [-0.05, 0) is 30.3 Å². The van der Waals surface area contributed by atoms with Crippen LogP contribution in [-0.2, 0) is 11.3 Å². The predicted molar refractivity (Wildman–Crippen MR) is 108 cm³/mol. The smallest absolute Gasteiger partial charge is 0.240 e. The Kier molecular flexibility index (Phi) is 6.28. The summed E-state index contributed by atoms with van der Waals surface area (Å²) in [6.45, 7) is 1.75. The third kappa shape index (κ3) is 4.62. The van der Waals surface area contributed by atoms with Crippen LogP contribution < -0.4 is 10.1 Å². The second kappa shape index (κ2) is 9.44. The van der Waals surface area contributed by atoms with Crippen LogP contribution in [-0.4, -0.2) is 63.3 Å². The van der Waals surface area contributed by atoms with Crippen molar-refractivity contribution < 1.29 is 19.1 Å². The van der Waals surface area contributed by atoms with Crippen LogP contribution in [0.2, 0.25) is 0 Å². The fourth-order valence-corrected chi connectivity index (χ4v) is 2.89. The predicted octanol–water partition coefficient (Wildman–Crippen LogP) is 1.55. The molecular weight excluding hydrogens is 388 g/mol. The van der Waals surface area contributed by atoms with Crippen LogP contribution in [0.3, 0.4) is 0 Å². The summed E-state index contributed by atoms with van der Waals surface area (Å²) >= 11 is 0. The molecule has 0 bridgehead atoms. The third-order valence-electron chi connectivity index (χ3n) is 4.29. The number of nitrogens with zero attached hydrogens (tertiary/aromatic N) is 5. The molecule has 0 unspecified atom stereocenters. The summed E-state index contributed by atoms with van der Waals surface area (Å²) < 4.78 is 17.9. The lowest BCUT2D eigenvalue weighted by Crippen LogP contribution is -2.17. The Morgan fingerprint density at radius 1 is 1.17 bits per heavy atom. The van der Waals surface area contributed by atoms with Crippen LogP contribution >= 0.6 is 0 Å². The van der Waals surface area contributed by atoms with E-state index in [1.807, 2.05) is 36.5 Å². The van der Waals surface area contributed by atoms with Crippen molar-refractivity contribution in [3.05, 3.63) is 48.6 Å². The Morgan fingerprint density at radius 3 is 2.90 bits per heavy atom. The molecule has 0 aliphatic heterocycles. The Hall–Kier alpha value is -3.34. The van der Waals surface area contributed by atoms with E-state index in [1.165, 1.54) is 0 Å². The van der Waals surface area contributed by atoms with Gasteiger partial charge in [-0.1, -0.05) is 5.16 Å². The first-order chi connectivity index (χ1) is 14.8. The number of benzene rings is 1. The van der Waals surface area contributed by atoms with E-state index in [2.05, 4.69) is 25.5 Å². The number of fused-ring (bicyclic) bond motifs is 1. The Bertz CT molecular complexity index is 1080. The fraction of sp³-hybridized carbons (Fsp3) is 0.300. The van der Waals surface area contributed by atoms with Crippen molar-refractivity contribution in [3.8, 4) is 28.4 Å². The lowest BCUT2D eigenvalue weighted by atomic mass is 10.1. The zero-order valence-electron chi connectivity index (χ0n) is 16.5. The van der Waals surface area contributed by atoms with Crippen molar-refractivity contribution in [2.24, 2.45) is 0 Å². The van der Waals surface area contributed by atoms with Gasteiger partial charge in [-0.25, -0.2) is 9.50 Å². The molecule has 0 aliphatic rings. The van der Waals surface area contributed by atoms with E-state index < -0.39 is 0 Å². The average molecular weight is 410 g/mol. The molecule has 3 heterocycles. The molecule has 0 atom stereocenters. The van der Waals surface area contributed by atoms with Crippen molar-refractivity contribution in [1.82, 2.24) is 30.1 Å². The fourth-order valence-electron chi connectivity index (χ4n) is 2.89. The molecule has 1 aromatic carbocycles. The molecular formula is C20H22N6O4. The van der Waals surface area contributed by atoms with Crippen LogP contribution in [0.15, 0.2) is 47.2 Å². The number of aromatic nitrogens is 5. The summed E-state index contributed by atoms with van der Waals surface area (Å²) in [4.78, 5) is 9.06. The van der Waals surface area contributed by atoms with E-state index in [1.54, 1.807) is 17.8 Å². The number of rotatable bonds is 10. The maximum atomic E-state index is 8.87. The molecule has 4 aromatic rings. The highest BCUT2D eigenvalue weighted by Crippen LogP contribution is 2.30. The lowest BCUT2D eigenvalue weighted by Gasteiger charge is -2.09. The quantitative estimate of drug-likeness (QED) is 0.375. The summed E-state index contributed by atoms with van der Waals surface area (Å²) in [7, 11) is 1.63. The van der Waals surface area contributed by atoms with E-state index >= 15 is 0 Å². The number of aliphatic hydroxyl groups is 1. The van der Waals surface area contributed by atoms with Crippen LogP contribution in [0.5, 0.6) is 5.75 Å². The zero-order chi connectivity index (χ0) is 20.8. The van der Waals surface area contributed by atoms with Crippen LogP contribution in [0.1, 0.15) is 5.89 Å². The van der Waals surface area contributed by atoms with Gasteiger partial charge in [0.05, 0.1) is 31.6 Å². The summed E-state index contributed by atoms with van der Waals surface area (Å²) in [6.07, 6.45) is 3.56. The number of nitrogens with one attached hydrogen (secondary N) is 1. The van der Waals surface area contributed by atoms with E-state index in [4.69, 9.17) is 19.1 Å². The van der Waals surface area contributed by atoms with Gasteiger partial charge in [0.25, 0.3) is 0 Å². The van der Waals surface area contributed by atoms with Gasteiger partial charge < -0.3 is 24.4 Å². The molecule has 10 nitrogen and oxygen atoms in total. The monoisotopic (exact) mass is 410 g/mol. The summed E-state index contributed by atoms with van der Waals surface area (Å²) in [5.41, 5.74) is 3.08. The standard InChI is InChI=1S/C20H22N6O4/c1-28-7-8-29-16-10-14(17-13-26-18(23-17)3-2-4-22-26)9-15(11-16)20-24-19(30-25-20)12-21-5-6-27/h2-4,9-11,13,21,27H,5-8,12H2,1H3. The van der Waals surface area contributed by atoms with E-state index in [-0.39, 0.29) is 6.61 Å². The topological polar surface area (TPSA) is 120 Å². The molecule has 0 saturated heterocycles. The molecule has 4 rings (SSSR count). The maximum Gasteiger partial charge on any atom is 0.240 e. The number of hydrogen-bond donors (Lipinski definition) is 2. The van der Waals surface area contributed by atoms with E-state index in [0.717, 1.165) is 22.5 Å². The molecule has 3 aromatic heterocycles. The van der Waals surface area contributed by atoms with Gasteiger partial charge in [-0.15, -0.1) is 0 Å². The van der Waals surface area contributed by atoms with Crippen LogP contribution in [0.4, 0.5) is 0 Å². The average Bonchev–Trinajstić information content (AvgIpc) is 3.41. The third-order valence-corrected chi connectivity index (χ3v) is 4.29. The van der Waals surface area contributed by atoms with Crippen molar-refractivity contribution in [2.45, 2.75) is 6.54 Å². The first kappa shape index (κ1) is 20.0. The minimum absolute atomic E-state index is 0.0408. The summed E-state index contributed by atoms with van der Waals surface area (Å²) in [5, 5.41) is 20.2. The van der Waals surface area contributed by atoms with Crippen LogP contribution in [0, 0.1) is 0 Å². The molecule has 30 heavy (non-hydrogen) atoms. The zero-order valence-corrected chi connectivity index (χ0v) is 16.5. The van der Waals surface area contributed by atoms with Gasteiger partial charge in [0.2, 0.25) is 11.7 Å². The summed E-state index contributed by atoms with van der Waals surface area (Å²) in [5.74, 6) is 1.52. The molecule has 0 saturated carbocycles. The minimum Gasteiger partial charge on any atom is -0.491 e. The van der Waals surface area contributed by atoms with E-state index in [0.29, 0.717) is 43.8 Å². The first-order valence-corrected chi connectivity index (χ1v) is 9.49. The largest absolute Gasteiger partial charge is 0.491 e. The number of methoxy groups -OCH3 is 1. The second-order valence-corrected chi connectivity index (χ2v) is 6.45. The van der Waals surface area contributed by atoms with Crippen molar-refractivity contribution in [3.63, 3.8) is 0 Å². The van der Waals surface area contributed by atoms with Gasteiger partial charge >= 0.3 is 0 Å². The Morgan fingerprint density at radius 2 is 2.07 bits per heavy atom. The van der Waals surface area contributed by atoms with Gasteiger partial charge in [0.15, 0.2) is 5.65 Å². The number of aliphatic hydroxyl groups excluding tert-OH is 1. The first-order valence-electron chi connectivity index (χ1n) is 9.49. The highest BCUT2D eigenvalue weighted by atomic mass is 16.5. The molecule has 0 aliphatic carbocycles. The molecule has 0 fully saturated rings. The molecule has 10 heteroatoms. The van der Waals surface area contributed by atoms with Crippen molar-refractivity contribution in [1.29, 1.82) is 0 Å². The summed E-state index contributed by atoms with van der Waals surface area (Å²) in [6, 6.07) is 9.42. The van der Waals surface area contributed by atoms with Gasteiger partial charge in [0, 0.05) is 31.0 Å². The molecule has 0 amide bonds. The van der Waals surface area contributed by atoms with Crippen LogP contribution in [0.25, 0.3) is 28.3 Å². The SMILES string of the molecule is COCCOc1cc(-c2cn3ncccc3n2)cc(-c2noc(CNCCO)n2)c1. The Labute approximate surface area is 172 Å². The number of ether oxygens (including phenoxy) is 2. The molecule has 2 N–H and O–H groups in total. The van der Waals surface area contributed by atoms with Gasteiger partial charge in [-0.2, -0.15) is 10.1 Å².